The van der Waals surface area contributed by atoms with Gasteiger partial charge in [0.25, 0.3) is 0 Å². The van der Waals surface area contributed by atoms with Gasteiger partial charge >= 0.3 is 0 Å². The molecule has 7 heteroatoms. The minimum atomic E-state index is 0.388. The number of nitrogens with one attached hydrogen (secondary N) is 1. The minimum absolute atomic E-state index is 0.388. The topological polar surface area (TPSA) is 53.5 Å². The smallest absolute Gasteiger partial charge is 0.225 e. The van der Waals surface area contributed by atoms with E-state index in [1.54, 1.807) is 11.3 Å². The Morgan fingerprint density at radius 1 is 1.29 bits per heavy atom. The van der Waals surface area contributed by atoms with Gasteiger partial charge in [0.15, 0.2) is 0 Å². The van der Waals surface area contributed by atoms with Gasteiger partial charge < -0.3 is 19.9 Å². The van der Waals surface area contributed by atoms with Gasteiger partial charge in [-0.3, -0.25) is 0 Å². The first-order chi connectivity index (χ1) is 11.7. The zero-order valence-corrected chi connectivity index (χ0v) is 15.1. The largest absolute Gasteiger partial charge is 0.378 e. The van der Waals surface area contributed by atoms with Crippen LogP contribution in [0.2, 0.25) is 0 Å². The SMILES string of the molecule is CN(C)[C@H](CNCc1cnc(N2CCOCC2)nc1)c1cccs1. The second kappa shape index (κ2) is 8.53. The van der Waals surface area contributed by atoms with Crippen molar-refractivity contribution in [3.63, 3.8) is 0 Å². The number of rotatable bonds is 7. The molecule has 0 bridgehead atoms. The zero-order valence-electron chi connectivity index (χ0n) is 14.3. The van der Waals surface area contributed by atoms with Crippen molar-refractivity contribution in [1.29, 1.82) is 0 Å². The van der Waals surface area contributed by atoms with Crippen molar-refractivity contribution in [3.8, 4) is 0 Å². The molecular formula is C17H25N5OS. The Morgan fingerprint density at radius 3 is 2.67 bits per heavy atom. The summed E-state index contributed by atoms with van der Waals surface area (Å²) < 4.78 is 5.36. The Bertz CT molecular complexity index is 596. The van der Waals surface area contributed by atoms with Crippen molar-refractivity contribution in [2.24, 2.45) is 0 Å². The lowest BCUT2D eigenvalue weighted by atomic mass is 10.2. The van der Waals surface area contributed by atoms with Crippen LogP contribution in [0.4, 0.5) is 5.95 Å². The van der Waals surface area contributed by atoms with Gasteiger partial charge in [-0.15, -0.1) is 11.3 Å². The Labute approximate surface area is 147 Å². The maximum absolute atomic E-state index is 5.36. The van der Waals surface area contributed by atoms with Crippen molar-refractivity contribution >= 4 is 17.3 Å². The Morgan fingerprint density at radius 2 is 2.04 bits per heavy atom. The molecule has 1 aliphatic heterocycles. The first kappa shape index (κ1) is 17.3. The Kier molecular flexibility index (Phi) is 6.14. The lowest BCUT2D eigenvalue weighted by Gasteiger charge is -2.26. The van der Waals surface area contributed by atoms with E-state index in [2.05, 4.69) is 56.7 Å². The molecule has 2 aromatic rings. The molecule has 0 spiro atoms. The first-order valence-electron chi connectivity index (χ1n) is 8.28. The summed E-state index contributed by atoms with van der Waals surface area (Å²) in [5.74, 6) is 0.798. The summed E-state index contributed by atoms with van der Waals surface area (Å²) >= 11 is 1.80. The summed E-state index contributed by atoms with van der Waals surface area (Å²) in [6.07, 6.45) is 3.83. The highest BCUT2D eigenvalue weighted by Crippen LogP contribution is 2.22. The van der Waals surface area contributed by atoms with E-state index in [0.29, 0.717) is 6.04 Å². The van der Waals surface area contributed by atoms with Gasteiger partial charge in [0.1, 0.15) is 0 Å². The van der Waals surface area contributed by atoms with E-state index < -0.39 is 0 Å². The second-order valence-electron chi connectivity index (χ2n) is 6.12. The van der Waals surface area contributed by atoms with Crippen LogP contribution in [0.3, 0.4) is 0 Å². The zero-order chi connectivity index (χ0) is 16.8. The lowest BCUT2D eigenvalue weighted by Crippen LogP contribution is -2.37. The van der Waals surface area contributed by atoms with E-state index in [9.17, 15) is 0 Å². The number of hydrogen-bond acceptors (Lipinski definition) is 7. The van der Waals surface area contributed by atoms with E-state index in [-0.39, 0.29) is 0 Å². The normalized spacial score (nSPS) is 16.5. The monoisotopic (exact) mass is 347 g/mol. The number of ether oxygens (including phenoxy) is 1. The maximum Gasteiger partial charge on any atom is 0.225 e. The van der Waals surface area contributed by atoms with Crippen LogP contribution in [0.1, 0.15) is 16.5 Å². The molecule has 0 saturated carbocycles. The van der Waals surface area contributed by atoms with E-state index >= 15 is 0 Å². The molecule has 0 aromatic carbocycles. The molecule has 130 valence electrons. The predicted octanol–water partition coefficient (Wildman–Crippen LogP) is 1.77. The van der Waals surface area contributed by atoms with E-state index in [4.69, 9.17) is 4.74 Å². The standard InChI is InChI=1S/C17H25N5OS/c1-21(2)15(16-4-3-9-24-16)13-18-10-14-11-19-17(20-12-14)22-5-7-23-8-6-22/h3-4,9,11-12,15,18H,5-8,10,13H2,1-2H3/t15-/m1/s1. The van der Waals surface area contributed by atoms with Crippen molar-refractivity contribution in [1.82, 2.24) is 20.2 Å². The molecule has 3 heterocycles. The number of anilines is 1. The lowest BCUT2D eigenvalue weighted by molar-refractivity contribution is 0.122. The second-order valence-corrected chi connectivity index (χ2v) is 7.10. The molecule has 24 heavy (non-hydrogen) atoms. The molecule has 0 unspecified atom stereocenters. The molecule has 2 aromatic heterocycles. The highest BCUT2D eigenvalue weighted by Gasteiger charge is 2.15. The Balaban J connectivity index is 1.51. The molecule has 0 amide bonds. The molecule has 1 saturated heterocycles. The minimum Gasteiger partial charge on any atom is -0.378 e. The molecule has 0 aliphatic carbocycles. The number of nitrogens with zero attached hydrogens (tertiary/aromatic N) is 4. The molecule has 1 atom stereocenters. The quantitative estimate of drug-likeness (QED) is 0.824. The first-order valence-corrected chi connectivity index (χ1v) is 9.16. The number of morpholine rings is 1. The summed E-state index contributed by atoms with van der Waals surface area (Å²) in [5, 5.41) is 5.65. The van der Waals surface area contributed by atoms with Crippen LogP contribution < -0.4 is 10.2 Å². The summed E-state index contributed by atoms with van der Waals surface area (Å²) in [6.45, 7) is 4.91. The number of likely N-dealkylation sites (N-methyl/N-ethyl adjacent to an activating group) is 1. The summed E-state index contributed by atoms with van der Waals surface area (Å²) in [6, 6.07) is 4.69. The van der Waals surface area contributed by atoms with Crippen LogP contribution in [-0.4, -0.2) is 61.8 Å². The highest BCUT2D eigenvalue weighted by molar-refractivity contribution is 7.10. The van der Waals surface area contributed by atoms with Crippen molar-refractivity contribution in [2.75, 3.05) is 51.8 Å². The van der Waals surface area contributed by atoms with Crippen LogP contribution >= 0.6 is 11.3 Å². The molecular weight excluding hydrogens is 322 g/mol. The third-order valence-corrected chi connectivity index (χ3v) is 5.12. The fourth-order valence-electron chi connectivity index (χ4n) is 2.74. The van der Waals surface area contributed by atoms with E-state index in [1.165, 1.54) is 4.88 Å². The van der Waals surface area contributed by atoms with Gasteiger partial charge in [0, 0.05) is 49.0 Å². The van der Waals surface area contributed by atoms with Crippen molar-refractivity contribution in [3.05, 3.63) is 40.3 Å². The average Bonchev–Trinajstić information content (AvgIpc) is 3.14. The third-order valence-electron chi connectivity index (χ3n) is 4.15. The molecule has 1 aliphatic rings. The number of hydrogen-bond donors (Lipinski definition) is 1. The van der Waals surface area contributed by atoms with Crippen LogP contribution in [-0.2, 0) is 11.3 Å². The van der Waals surface area contributed by atoms with Crippen molar-refractivity contribution in [2.45, 2.75) is 12.6 Å². The van der Waals surface area contributed by atoms with Crippen LogP contribution in [0, 0.1) is 0 Å². The van der Waals surface area contributed by atoms with Crippen molar-refractivity contribution < 1.29 is 4.74 Å². The average molecular weight is 347 g/mol. The molecule has 6 nitrogen and oxygen atoms in total. The highest BCUT2D eigenvalue weighted by atomic mass is 32.1. The van der Waals surface area contributed by atoms with Crippen LogP contribution in [0.25, 0.3) is 0 Å². The summed E-state index contributed by atoms with van der Waals surface area (Å²) in [5.41, 5.74) is 1.11. The molecule has 1 N–H and O–H groups in total. The summed E-state index contributed by atoms with van der Waals surface area (Å²) in [4.78, 5) is 14.8. The summed E-state index contributed by atoms with van der Waals surface area (Å²) in [7, 11) is 4.23. The third kappa shape index (κ3) is 4.51. The number of thiophene rings is 1. The van der Waals surface area contributed by atoms with Gasteiger partial charge in [-0.05, 0) is 25.5 Å². The van der Waals surface area contributed by atoms with E-state index in [1.807, 2.05) is 12.4 Å². The fraction of sp³-hybridized carbons (Fsp3) is 0.529. The van der Waals surface area contributed by atoms with Gasteiger partial charge in [-0.25, -0.2) is 9.97 Å². The van der Waals surface area contributed by atoms with Gasteiger partial charge in [-0.2, -0.15) is 0 Å². The number of aromatic nitrogens is 2. The molecule has 3 rings (SSSR count). The molecule has 1 fully saturated rings. The van der Waals surface area contributed by atoms with Crippen LogP contribution in [0.15, 0.2) is 29.9 Å². The van der Waals surface area contributed by atoms with Gasteiger partial charge in [0.05, 0.1) is 19.3 Å². The van der Waals surface area contributed by atoms with Gasteiger partial charge in [0.2, 0.25) is 5.95 Å². The van der Waals surface area contributed by atoms with Crippen LogP contribution in [0.5, 0.6) is 0 Å². The maximum atomic E-state index is 5.36. The predicted molar refractivity (Wildman–Crippen MR) is 97.5 cm³/mol. The molecule has 0 radical (unpaired) electrons. The van der Waals surface area contributed by atoms with E-state index in [0.717, 1.165) is 50.9 Å². The fourth-order valence-corrected chi connectivity index (χ4v) is 3.66. The Hall–Kier alpha value is -1.54. The van der Waals surface area contributed by atoms with Gasteiger partial charge in [-0.1, -0.05) is 6.07 Å².